The van der Waals surface area contributed by atoms with E-state index in [4.69, 9.17) is 9.47 Å². The van der Waals surface area contributed by atoms with Gasteiger partial charge in [-0.1, -0.05) is 32.0 Å². The van der Waals surface area contributed by atoms with Gasteiger partial charge in [-0.3, -0.25) is 4.90 Å². The van der Waals surface area contributed by atoms with Crippen LogP contribution in [0.3, 0.4) is 0 Å². The lowest BCUT2D eigenvalue weighted by atomic mass is 10.1. The number of hydrogen-bond acceptors (Lipinski definition) is 3. The molecule has 1 heterocycles. The zero-order chi connectivity index (χ0) is 19.2. The molecule has 1 aromatic heterocycles. The molecule has 0 aliphatic rings. The lowest BCUT2D eigenvalue weighted by Crippen LogP contribution is -2.43. The highest BCUT2D eigenvalue weighted by atomic mass is 16.5. The van der Waals surface area contributed by atoms with E-state index in [0.717, 1.165) is 44.1 Å². The van der Waals surface area contributed by atoms with Crippen LogP contribution in [0.1, 0.15) is 25.2 Å². The van der Waals surface area contributed by atoms with Crippen LogP contribution in [0, 0.1) is 0 Å². The van der Waals surface area contributed by atoms with E-state index in [2.05, 4.69) is 64.7 Å². The van der Waals surface area contributed by atoms with Crippen LogP contribution >= 0.6 is 0 Å². The predicted octanol–water partition coefficient (Wildman–Crippen LogP) is 3.41. The van der Waals surface area contributed by atoms with E-state index < -0.39 is 0 Å². The minimum absolute atomic E-state index is 0.757. The molecule has 3 aromatic rings. The molecule has 0 saturated heterocycles. The molecule has 0 amide bonds. The van der Waals surface area contributed by atoms with E-state index in [9.17, 15) is 0 Å². The van der Waals surface area contributed by atoms with Crippen LogP contribution in [0.15, 0.2) is 42.5 Å². The highest BCUT2D eigenvalue weighted by Gasteiger charge is 2.19. The maximum Gasteiger partial charge on any atom is 0.259 e. The smallest absolute Gasteiger partial charge is 0.259 e. The largest absolute Gasteiger partial charge is 0.493 e. The van der Waals surface area contributed by atoms with Crippen molar-refractivity contribution in [1.82, 2.24) is 9.88 Å². The maximum atomic E-state index is 5.46. The van der Waals surface area contributed by atoms with Crippen LogP contribution in [-0.2, 0) is 13.0 Å². The zero-order valence-electron chi connectivity index (χ0n) is 16.8. The minimum Gasteiger partial charge on any atom is -0.493 e. The van der Waals surface area contributed by atoms with Crippen molar-refractivity contribution in [1.29, 1.82) is 0 Å². The van der Waals surface area contributed by atoms with E-state index in [0.29, 0.717) is 0 Å². The molecule has 0 fully saturated rings. The number of aromatic amines is 1. The number of H-pyrrole nitrogens is 1. The molecular formula is C22H30N3O2+. The number of para-hydroxylation sites is 2. The van der Waals surface area contributed by atoms with Crippen molar-refractivity contribution in [2.45, 2.75) is 26.8 Å². The zero-order valence-corrected chi connectivity index (χ0v) is 16.8. The van der Waals surface area contributed by atoms with Gasteiger partial charge in [0.15, 0.2) is 22.5 Å². The van der Waals surface area contributed by atoms with E-state index in [-0.39, 0.29) is 0 Å². The Hall–Kier alpha value is -2.53. The molecule has 0 aliphatic heterocycles. The van der Waals surface area contributed by atoms with Crippen molar-refractivity contribution >= 4 is 11.0 Å². The summed E-state index contributed by atoms with van der Waals surface area (Å²) in [6.07, 6.45) is 0.813. The Balaban J connectivity index is 1.92. The Morgan fingerprint density at radius 3 is 2.41 bits per heavy atom. The summed E-state index contributed by atoms with van der Waals surface area (Å²) >= 11 is 0. The molecule has 0 unspecified atom stereocenters. The first-order valence-corrected chi connectivity index (χ1v) is 9.62. The molecule has 0 atom stereocenters. The van der Waals surface area contributed by atoms with Gasteiger partial charge in [-0.05, 0) is 42.9 Å². The molecule has 0 aliphatic carbocycles. The number of aromatic nitrogens is 2. The predicted molar refractivity (Wildman–Crippen MR) is 109 cm³/mol. The fourth-order valence-electron chi connectivity index (χ4n) is 3.54. The lowest BCUT2D eigenvalue weighted by Gasteiger charge is -2.17. The van der Waals surface area contributed by atoms with Gasteiger partial charge >= 0.3 is 0 Å². The first-order chi connectivity index (χ1) is 13.2. The number of rotatable bonds is 9. The fourth-order valence-corrected chi connectivity index (χ4v) is 3.54. The standard InChI is InChI=1S/C22H29N3O2/c1-5-24(6-2)13-14-25-19-10-8-7-9-18(19)23-22(25)16-17-11-12-20(26-3)21(15-17)27-4/h7-12,15H,5-6,13-14,16H2,1-4H3/p+1. The molecule has 0 radical (unpaired) electrons. The number of nitrogens with one attached hydrogen (secondary N) is 1. The van der Waals surface area contributed by atoms with E-state index in [1.54, 1.807) is 14.2 Å². The SMILES string of the molecule is CCN(CC)CC[n+]1c(Cc2ccc(OC)c(OC)c2)[nH]c2ccccc21. The monoisotopic (exact) mass is 368 g/mol. The van der Waals surface area contributed by atoms with E-state index in [1.807, 2.05) is 6.07 Å². The van der Waals surface area contributed by atoms with Crippen LogP contribution in [-0.4, -0.2) is 43.7 Å². The Morgan fingerprint density at radius 2 is 1.70 bits per heavy atom. The van der Waals surface area contributed by atoms with Gasteiger partial charge in [0.05, 0.1) is 20.6 Å². The maximum absolute atomic E-state index is 5.46. The molecule has 144 valence electrons. The van der Waals surface area contributed by atoms with Crippen LogP contribution < -0.4 is 14.0 Å². The normalized spacial score (nSPS) is 11.3. The quantitative estimate of drug-likeness (QED) is 0.589. The highest BCUT2D eigenvalue weighted by Crippen LogP contribution is 2.28. The van der Waals surface area contributed by atoms with Gasteiger partial charge in [0, 0.05) is 6.54 Å². The van der Waals surface area contributed by atoms with E-state index >= 15 is 0 Å². The molecule has 5 nitrogen and oxygen atoms in total. The number of likely N-dealkylation sites (N-methyl/N-ethyl adjacent to an activating group) is 1. The topological polar surface area (TPSA) is 41.4 Å². The third kappa shape index (κ3) is 4.25. The van der Waals surface area contributed by atoms with Gasteiger partial charge in [-0.25, -0.2) is 9.55 Å². The van der Waals surface area contributed by atoms with Crippen LogP contribution in [0.2, 0.25) is 0 Å². The third-order valence-corrected chi connectivity index (χ3v) is 5.15. The summed E-state index contributed by atoms with van der Waals surface area (Å²) in [4.78, 5) is 6.06. The number of imidazole rings is 1. The Labute approximate surface area is 161 Å². The Morgan fingerprint density at radius 1 is 0.963 bits per heavy atom. The summed E-state index contributed by atoms with van der Waals surface area (Å²) in [6.45, 7) is 8.59. The van der Waals surface area contributed by atoms with Gasteiger partial charge in [0.2, 0.25) is 0 Å². The second-order valence-electron chi connectivity index (χ2n) is 6.63. The van der Waals surface area contributed by atoms with Crippen molar-refractivity contribution in [3.63, 3.8) is 0 Å². The minimum atomic E-state index is 0.757. The number of fused-ring (bicyclic) bond motifs is 1. The number of methoxy groups -OCH3 is 2. The molecule has 0 saturated carbocycles. The van der Waals surface area contributed by atoms with Crippen LogP contribution in [0.25, 0.3) is 11.0 Å². The molecule has 2 aromatic carbocycles. The summed E-state index contributed by atoms with van der Waals surface area (Å²) in [5, 5.41) is 0. The van der Waals surface area contributed by atoms with Crippen molar-refractivity contribution in [3.8, 4) is 11.5 Å². The highest BCUT2D eigenvalue weighted by molar-refractivity contribution is 5.71. The molecule has 0 spiro atoms. The van der Waals surface area contributed by atoms with Crippen molar-refractivity contribution < 1.29 is 14.0 Å². The molecule has 3 rings (SSSR count). The van der Waals surface area contributed by atoms with Crippen molar-refractivity contribution in [3.05, 3.63) is 53.9 Å². The third-order valence-electron chi connectivity index (χ3n) is 5.15. The summed E-state index contributed by atoms with van der Waals surface area (Å²) in [5.41, 5.74) is 3.61. The van der Waals surface area contributed by atoms with Gasteiger partial charge in [-0.15, -0.1) is 0 Å². The second kappa shape index (κ2) is 8.91. The van der Waals surface area contributed by atoms with Crippen molar-refractivity contribution in [2.75, 3.05) is 33.9 Å². The first kappa shape index (κ1) is 19.2. The van der Waals surface area contributed by atoms with Crippen LogP contribution in [0.5, 0.6) is 11.5 Å². The number of hydrogen-bond donors (Lipinski definition) is 1. The average molecular weight is 369 g/mol. The molecule has 5 heteroatoms. The lowest BCUT2D eigenvalue weighted by molar-refractivity contribution is -0.678. The first-order valence-electron chi connectivity index (χ1n) is 9.62. The molecule has 1 N–H and O–H groups in total. The molecule has 0 bridgehead atoms. The van der Waals surface area contributed by atoms with Gasteiger partial charge in [-0.2, -0.15) is 0 Å². The number of nitrogens with zero attached hydrogens (tertiary/aromatic N) is 2. The van der Waals surface area contributed by atoms with Gasteiger partial charge in [0.1, 0.15) is 6.54 Å². The van der Waals surface area contributed by atoms with E-state index in [1.165, 1.54) is 22.4 Å². The average Bonchev–Trinajstić information content (AvgIpc) is 3.05. The van der Waals surface area contributed by atoms with Gasteiger partial charge < -0.3 is 9.47 Å². The summed E-state index contributed by atoms with van der Waals surface area (Å²) in [5.74, 6) is 2.73. The van der Waals surface area contributed by atoms with Gasteiger partial charge in [0.25, 0.3) is 5.82 Å². The Bertz CT molecular complexity index is 884. The fraction of sp³-hybridized carbons (Fsp3) is 0.409. The Kier molecular flexibility index (Phi) is 6.35. The summed E-state index contributed by atoms with van der Waals surface area (Å²) < 4.78 is 13.2. The number of ether oxygens (including phenoxy) is 2. The second-order valence-corrected chi connectivity index (χ2v) is 6.63. The molecule has 27 heavy (non-hydrogen) atoms. The van der Waals surface area contributed by atoms with Crippen molar-refractivity contribution in [2.24, 2.45) is 0 Å². The summed E-state index contributed by atoms with van der Waals surface area (Å²) in [6, 6.07) is 14.6. The molecular weight excluding hydrogens is 338 g/mol. The van der Waals surface area contributed by atoms with Crippen LogP contribution in [0.4, 0.5) is 0 Å². The number of benzene rings is 2. The summed E-state index contributed by atoms with van der Waals surface area (Å²) in [7, 11) is 3.34.